The first-order chi connectivity index (χ1) is 11.6. The molecule has 126 valence electrons. The predicted molar refractivity (Wildman–Crippen MR) is 98.4 cm³/mol. The number of amides is 1. The van der Waals surface area contributed by atoms with E-state index in [2.05, 4.69) is 50.7 Å². The molecule has 1 fully saturated rings. The highest BCUT2D eigenvalue weighted by atomic mass is 79.9. The first-order valence-corrected chi connectivity index (χ1v) is 9.13. The van der Waals surface area contributed by atoms with Crippen LogP contribution in [0.2, 0.25) is 0 Å². The molecule has 24 heavy (non-hydrogen) atoms. The van der Waals surface area contributed by atoms with Crippen LogP contribution in [0, 0.1) is 0 Å². The highest BCUT2D eigenvalue weighted by molar-refractivity contribution is 9.10. The van der Waals surface area contributed by atoms with Crippen LogP contribution in [0.15, 0.2) is 50.6 Å². The van der Waals surface area contributed by atoms with Crippen molar-refractivity contribution >= 4 is 27.5 Å². The Labute approximate surface area is 150 Å². The largest absolute Gasteiger partial charge is 0.444 e. The van der Waals surface area contributed by atoms with E-state index in [1.54, 1.807) is 12.1 Å². The van der Waals surface area contributed by atoms with Crippen LogP contribution in [0.25, 0.3) is 0 Å². The van der Waals surface area contributed by atoms with Crippen molar-refractivity contribution in [2.75, 3.05) is 0 Å². The number of benzene rings is 1. The summed E-state index contributed by atoms with van der Waals surface area (Å²) in [6, 6.07) is 11.8. The van der Waals surface area contributed by atoms with Crippen LogP contribution in [0.1, 0.15) is 66.6 Å². The van der Waals surface area contributed by atoms with Crippen molar-refractivity contribution in [2.45, 2.75) is 44.9 Å². The molecule has 1 amide bonds. The van der Waals surface area contributed by atoms with Gasteiger partial charge in [0.2, 0.25) is 0 Å². The quantitative estimate of drug-likeness (QED) is 0.574. The Kier molecular flexibility index (Phi) is 5.51. The number of halogens is 1. The highest BCUT2D eigenvalue weighted by Crippen LogP contribution is 2.32. The van der Waals surface area contributed by atoms with Gasteiger partial charge in [0.05, 0.1) is 5.71 Å². The molecule has 0 atom stereocenters. The Morgan fingerprint density at radius 2 is 1.83 bits per heavy atom. The molecule has 1 N–H and O–H groups in total. The van der Waals surface area contributed by atoms with Crippen LogP contribution >= 0.6 is 15.9 Å². The summed E-state index contributed by atoms with van der Waals surface area (Å²) in [7, 11) is 0. The summed E-state index contributed by atoms with van der Waals surface area (Å²) in [5, 5.41) is 4.16. The second-order valence-corrected chi connectivity index (χ2v) is 6.98. The summed E-state index contributed by atoms with van der Waals surface area (Å²) in [6.45, 7) is 1.88. The van der Waals surface area contributed by atoms with Crippen LogP contribution < -0.4 is 5.43 Å². The lowest BCUT2D eigenvalue weighted by molar-refractivity contribution is 0.0926. The average molecular weight is 389 g/mol. The molecule has 1 aromatic carbocycles. The van der Waals surface area contributed by atoms with E-state index in [-0.39, 0.29) is 11.7 Å². The first kappa shape index (κ1) is 17.0. The lowest BCUT2D eigenvalue weighted by Crippen LogP contribution is -2.18. The molecule has 1 aliphatic carbocycles. The maximum atomic E-state index is 11.9. The van der Waals surface area contributed by atoms with Crippen LogP contribution in [-0.2, 0) is 0 Å². The molecule has 0 spiro atoms. The van der Waals surface area contributed by atoms with Gasteiger partial charge in [-0.2, -0.15) is 5.10 Å². The smallest absolute Gasteiger partial charge is 0.307 e. The van der Waals surface area contributed by atoms with Gasteiger partial charge in [-0.1, -0.05) is 43.5 Å². The first-order valence-electron chi connectivity index (χ1n) is 8.34. The molecule has 1 saturated carbocycles. The summed E-state index contributed by atoms with van der Waals surface area (Å²) < 4.78 is 5.72. The third-order valence-electron chi connectivity index (χ3n) is 4.53. The molecule has 0 saturated heterocycles. The van der Waals surface area contributed by atoms with Crippen LogP contribution in [-0.4, -0.2) is 11.6 Å². The van der Waals surface area contributed by atoms with Gasteiger partial charge in [-0.3, -0.25) is 4.79 Å². The number of furan rings is 1. The summed E-state index contributed by atoms with van der Waals surface area (Å²) in [6.07, 6.45) is 6.62. The normalized spacial score (nSPS) is 16.2. The number of rotatable bonds is 4. The van der Waals surface area contributed by atoms with E-state index in [0.717, 1.165) is 11.3 Å². The van der Waals surface area contributed by atoms with Crippen LogP contribution in [0.5, 0.6) is 0 Å². The minimum atomic E-state index is -0.362. The number of hydrazone groups is 1. The number of carbonyl (C=O) groups excluding carboxylic acids is 1. The van der Waals surface area contributed by atoms with E-state index in [1.165, 1.54) is 37.7 Å². The molecule has 5 heteroatoms. The van der Waals surface area contributed by atoms with E-state index in [1.807, 2.05) is 6.92 Å². The number of carbonyl (C=O) groups is 1. The number of nitrogens with zero attached hydrogens (tertiary/aromatic N) is 1. The second kappa shape index (κ2) is 7.79. The maximum Gasteiger partial charge on any atom is 0.307 e. The molecular weight excluding hydrogens is 368 g/mol. The standard InChI is InChI=1S/C19H21BrN2O2/c1-13(21-22-19(23)17-11-12-18(20)24-17)14-7-9-16(10-8-14)15-5-3-2-4-6-15/h7-12,15H,2-6H2,1H3,(H,22,23). The molecule has 4 nitrogen and oxygen atoms in total. The van der Waals surface area contributed by atoms with Crippen molar-refractivity contribution in [3.63, 3.8) is 0 Å². The lowest BCUT2D eigenvalue weighted by atomic mass is 9.84. The second-order valence-electron chi connectivity index (χ2n) is 6.20. The molecule has 2 aromatic rings. The fourth-order valence-electron chi connectivity index (χ4n) is 3.12. The molecule has 0 bridgehead atoms. The fraction of sp³-hybridized carbons (Fsp3) is 0.368. The van der Waals surface area contributed by atoms with E-state index in [4.69, 9.17) is 4.42 Å². The van der Waals surface area contributed by atoms with Crippen LogP contribution in [0.3, 0.4) is 0 Å². The summed E-state index contributed by atoms with van der Waals surface area (Å²) >= 11 is 3.17. The molecular formula is C19H21BrN2O2. The zero-order chi connectivity index (χ0) is 16.9. The van der Waals surface area contributed by atoms with Gasteiger partial charge in [0.25, 0.3) is 0 Å². The number of hydrogen-bond donors (Lipinski definition) is 1. The van der Waals surface area contributed by atoms with Gasteiger partial charge in [-0.25, -0.2) is 5.43 Å². The molecule has 3 rings (SSSR count). The predicted octanol–water partition coefficient (Wildman–Crippen LogP) is 5.24. The van der Waals surface area contributed by atoms with Gasteiger partial charge in [0, 0.05) is 0 Å². The Morgan fingerprint density at radius 1 is 1.12 bits per heavy atom. The van der Waals surface area contributed by atoms with Gasteiger partial charge in [0.15, 0.2) is 10.4 Å². The monoisotopic (exact) mass is 388 g/mol. The van der Waals surface area contributed by atoms with E-state index < -0.39 is 0 Å². The van der Waals surface area contributed by atoms with E-state index in [9.17, 15) is 4.79 Å². The van der Waals surface area contributed by atoms with Gasteiger partial charge < -0.3 is 4.42 Å². The highest BCUT2D eigenvalue weighted by Gasteiger charge is 2.15. The van der Waals surface area contributed by atoms with E-state index >= 15 is 0 Å². The van der Waals surface area contributed by atoms with Crippen molar-refractivity contribution in [2.24, 2.45) is 5.10 Å². The van der Waals surface area contributed by atoms with Crippen molar-refractivity contribution in [3.05, 3.63) is 58.0 Å². The number of nitrogens with one attached hydrogen (secondary N) is 1. The SMILES string of the molecule is CC(=NNC(=O)c1ccc(Br)o1)c1ccc(C2CCCCC2)cc1. The average Bonchev–Trinajstić information content (AvgIpc) is 3.07. The zero-order valence-electron chi connectivity index (χ0n) is 13.7. The van der Waals surface area contributed by atoms with Crippen molar-refractivity contribution in [3.8, 4) is 0 Å². The van der Waals surface area contributed by atoms with Crippen molar-refractivity contribution < 1.29 is 9.21 Å². The van der Waals surface area contributed by atoms with Gasteiger partial charge >= 0.3 is 5.91 Å². The molecule has 0 radical (unpaired) electrons. The topological polar surface area (TPSA) is 54.6 Å². The molecule has 0 aliphatic heterocycles. The fourth-order valence-corrected chi connectivity index (χ4v) is 3.43. The third-order valence-corrected chi connectivity index (χ3v) is 4.95. The Hall–Kier alpha value is -1.88. The molecule has 0 unspecified atom stereocenters. The summed E-state index contributed by atoms with van der Waals surface area (Å²) in [5.41, 5.74) is 5.71. The zero-order valence-corrected chi connectivity index (χ0v) is 15.3. The van der Waals surface area contributed by atoms with Gasteiger partial charge in [-0.05, 0) is 64.9 Å². The van der Waals surface area contributed by atoms with Gasteiger partial charge in [-0.15, -0.1) is 0 Å². The third kappa shape index (κ3) is 4.15. The van der Waals surface area contributed by atoms with Gasteiger partial charge in [0.1, 0.15) is 0 Å². The molecule has 1 aromatic heterocycles. The minimum absolute atomic E-state index is 0.228. The minimum Gasteiger partial charge on any atom is -0.444 e. The number of hydrogen-bond acceptors (Lipinski definition) is 3. The van der Waals surface area contributed by atoms with Crippen molar-refractivity contribution in [1.29, 1.82) is 0 Å². The summed E-state index contributed by atoms with van der Waals surface area (Å²) in [5.74, 6) is 0.562. The molecule has 1 heterocycles. The summed E-state index contributed by atoms with van der Waals surface area (Å²) in [4.78, 5) is 11.9. The maximum absolute atomic E-state index is 11.9. The van der Waals surface area contributed by atoms with E-state index in [0.29, 0.717) is 10.6 Å². The Morgan fingerprint density at radius 3 is 2.46 bits per heavy atom. The Balaban J connectivity index is 1.63. The molecule has 1 aliphatic rings. The lowest BCUT2D eigenvalue weighted by Gasteiger charge is -2.22. The van der Waals surface area contributed by atoms with Crippen LogP contribution in [0.4, 0.5) is 0 Å². The Bertz CT molecular complexity index is 728. The van der Waals surface area contributed by atoms with Crippen molar-refractivity contribution in [1.82, 2.24) is 5.43 Å².